The fourth-order valence-corrected chi connectivity index (χ4v) is 4.74. The third-order valence-corrected chi connectivity index (χ3v) is 6.23. The van der Waals surface area contributed by atoms with Gasteiger partial charge in [0.1, 0.15) is 11.5 Å². The molecular weight excluding hydrogens is 449 g/mol. The zero-order valence-electron chi connectivity index (χ0n) is 16.4. The average molecular weight is 464 g/mol. The molecule has 5 aromatic rings. The molecule has 0 radical (unpaired) electrons. The second kappa shape index (κ2) is 8.14. The molecule has 0 saturated carbocycles. The summed E-state index contributed by atoms with van der Waals surface area (Å²) >= 11 is 7.39. The molecule has 1 unspecified atom stereocenters. The largest absolute Gasteiger partial charge is 0.369 e. The Bertz CT molecular complexity index is 1450. The second-order valence-corrected chi connectivity index (χ2v) is 8.37. The molecule has 0 spiro atoms. The lowest BCUT2D eigenvalue weighted by Gasteiger charge is -2.14. The monoisotopic (exact) mass is 463 g/mol. The van der Waals surface area contributed by atoms with E-state index in [2.05, 4.69) is 9.97 Å². The first-order valence-electron chi connectivity index (χ1n) is 9.62. The van der Waals surface area contributed by atoms with Crippen molar-refractivity contribution in [2.24, 2.45) is 5.73 Å². The van der Waals surface area contributed by atoms with Gasteiger partial charge in [-0.25, -0.2) is 18.9 Å². The van der Waals surface area contributed by atoms with E-state index in [1.165, 1.54) is 17.4 Å². The second-order valence-electron chi connectivity index (χ2n) is 7.05. The van der Waals surface area contributed by atoms with Gasteiger partial charge >= 0.3 is 0 Å². The number of pyridine rings is 1. The summed E-state index contributed by atoms with van der Waals surface area (Å²) in [5, 5.41) is 6.64. The Hall–Kier alpha value is -3.62. The van der Waals surface area contributed by atoms with E-state index in [4.69, 9.17) is 22.4 Å². The Labute approximate surface area is 191 Å². The number of carbonyl (C=O) groups excluding carboxylic acids is 1. The molecular formula is C23H15ClFN5OS. The normalized spacial score (nSPS) is 12.2. The number of hydrogen-bond donors (Lipinski definition) is 1. The number of rotatable bonds is 5. The Morgan fingerprint density at radius 2 is 2.03 bits per heavy atom. The molecule has 6 nitrogen and oxygen atoms in total. The van der Waals surface area contributed by atoms with Gasteiger partial charge in [0.15, 0.2) is 0 Å². The molecule has 5 rings (SSSR count). The van der Waals surface area contributed by atoms with E-state index in [1.807, 2.05) is 29.8 Å². The summed E-state index contributed by atoms with van der Waals surface area (Å²) in [5.74, 6) is -2.04. The maximum absolute atomic E-state index is 14.9. The predicted molar refractivity (Wildman–Crippen MR) is 122 cm³/mol. The first-order valence-corrected chi connectivity index (χ1v) is 10.9. The van der Waals surface area contributed by atoms with Gasteiger partial charge in [-0.1, -0.05) is 12.1 Å². The maximum Gasteiger partial charge on any atom is 0.230 e. The first-order chi connectivity index (χ1) is 15.5. The highest BCUT2D eigenvalue weighted by Crippen LogP contribution is 2.37. The number of halogens is 2. The van der Waals surface area contributed by atoms with Gasteiger partial charge in [0.05, 0.1) is 22.7 Å². The standard InChI is InChI=1S/C23H15ClFN5OS/c24-23-27-9-8-16(28-23)20-17-4-1-2-10-30(17)29-21(20)13-6-7-15(25)14(12-13)19(22(26)31)18-5-3-11-32-18/h1-12,19H,(H2,26,31). The number of nitrogens with two attached hydrogens (primary N) is 1. The quantitative estimate of drug-likeness (QED) is 0.374. The Balaban J connectivity index is 1.75. The summed E-state index contributed by atoms with van der Waals surface area (Å²) in [6.07, 6.45) is 3.38. The fourth-order valence-electron chi connectivity index (χ4n) is 3.74. The van der Waals surface area contributed by atoms with Crippen LogP contribution >= 0.6 is 22.9 Å². The smallest absolute Gasteiger partial charge is 0.230 e. The highest BCUT2D eigenvalue weighted by atomic mass is 35.5. The van der Waals surface area contributed by atoms with Gasteiger partial charge in [-0.2, -0.15) is 5.10 Å². The first kappa shape index (κ1) is 20.3. The summed E-state index contributed by atoms with van der Waals surface area (Å²) in [7, 11) is 0. The SMILES string of the molecule is NC(=O)C(c1cccs1)c1cc(-c2nn3ccccc3c2-c2ccnc(Cl)n2)ccc1F. The molecule has 0 aliphatic rings. The van der Waals surface area contributed by atoms with Crippen LogP contribution in [0.3, 0.4) is 0 Å². The van der Waals surface area contributed by atoms with E-state index in [0.29, 0.717) is 21.8 Å². The van der Waals surface area contributed by atoms with E-state index in [-0.39, 0.29) is 10.8 Å². The van der Waals surface area contributed by atoms with E-state index in [1.54, 1.807) is 41.0 Å². The summed E-state index contributed by atoms with van der Waals surface area (Å²) in [4.78, 5) is 21.3. The minimum absolute atomic E-state index is 0.106. The molecule has 1 atom stereocenters. The Morgan fingerprint density at radius 3 is 2.78 bits per heavy atom. The number of nitrogens with zero attached hydrogens (tertiary/aromatic N) is 4. The Morgan fingerprint density at radius 1 is 1.16 bits per heavy atom. The molecule has 9 heteroatoms. The van der Waals surface area contributed by atoms with Crippen molar-refractivity contribution in [3.63, 3.8) is 0 Å². The number of fused-ring (bicyclic) bond motifs is 1. The molecule has 4 heterocycles. The molecule has 0 aliphatic heterocycles. The van der Waals surface area contributed by atoms with E-state index in [0.717, 1.165) is 11.1 Å². The molecule has 0 saturated heterocycles. The maximum atomic E-state index is 14.9. The van der Waals surface area contributed by atoms with Crippen LogP contribution in [0.5, 0.6) is 0 Å². The van der Waals surface area contributed by atoms with Crippen LogP contribution in [-0.4, -0.2) is 25.5 Å². The van der Waals surface area contributed by atoms with Crippen LogP contribution < -0.4 is 5.73 Å². The number of aromatic nitrogens is 4. The molecule has 0 fully saturated rings. The third kappa shape index (κ3) is 3.53. The highest BCUT2D eigenvalue weighted by molar-refractivity contribution is 7.10. The Kier molecular flexibility index (Phi) is 5.16. The topological polar surface area (TPSA) is 86.2 Å². The molecule has 0 aliphatic carbocycles. The van der Waals surface area contributed by atoms with Crippen LogP contribution in [0.25, 0.3) is 28.0 Å². The van der Waals surface area contributed by atoms with Crippen LogP contribution in [0, 0.1) is 5.82 Å². The average Bonchev–Trinajstić information content (AvgIpc) is 3.43. The van der Waals surface area contributed by atoms with Crippen LogP contribution in [0.1, 0.15) is 16.4 Å². The zero-order valence-corrected chi connectivity index (χ0v) is 18.0. The molecule has 4 aromatic heterocycles. The molecule has 0 bridgehead atoms. The minimum Gasteiger partial charge on any atom is -0.369 e. The van der Waals surface area contributed by atoms with E-state index in [9.17, 15) is 9.18 Å². The number of primary amides is 1. The fraction of sp³-hybridized carbons (Fsp3) is 0.0435. The summed E-state index contributed by atoms with van der Waals surface area (Å²) in [5.41, 5.74) is 9.16. The number of thiophene rings is 1. The van der Waals surface area contributed by atoms with Crippen molar-refractivity contribution in [3.8, 4) is 22.5 Å². The number of amides is 1. The van der Waals surface area contributed by atoms with Crippen molar-refractivity contribution in [1.82, 2.24) is 19.6 Å². The van der Waals surface area contributed by atoms with Crippen LogP contribution in [0.15, 0.2) is 72.4 Å². The van der Waals surface area contributed by atoms with Crippen LogP contribution in [0.4, 0.5) is 4.39 Å². The summed E-state index contributed by atoms with van der Waals surface area (Å²) in [6.45, 7) is 0. The lowest BCUT2D eigenvalue weighted by molar-refractivity contribution is -0.118. The summed E-state index contributed by atoms with van der Waals surface area (Å²) < 4.78 is 16.6. The molecule has 1 amide bonds. The molecule has 158 valence electrons. The van der Waals surface area contributed by atoms with Gasteiger partial charge in [0.25, 0.3) is 0 Å². The van der Waals surface area contributed by atoms with E-state index < -0.39 is 17.6 Å². The van der Waals surface area contributed by atoms with Crippen LogP contribution in [0.2, 0.25) is 5.28 Å². The van der Waals surface area contributed by atoms with Crippen molar-refractivity contribution in [2.45, 2.75) is 5.92 Å². The van der Waals surface area contributed by atoms with Crippen LogP contribution in [-0.2, 0) is 4.79 Å². The lowest BCUT2D eigenvalue weighted by atomic mass is 9.93. The highest BCUT2D eigenvalue weighted by Gasteiger charge is 2.26. The van der Waals surface area contributed by atoms with Gasteiger partial charge in [-0.3, -0.25) is 4.79 Å². The summed E-state index contributed by atoms with van der Waals surface area (Å²) in [6, 6.07) is 15.5. The van der Waals surface area contributed by atoms with Crippen molar-refractivity contribution in [1.29, 1.82) is 0 Å². The third-order valence-electron chi connectivity index (χ3n) is 5.11. The van der Waals surface area contributed by atoms with Gasteiger partial charge < -0.3 is 5.73 Å². The molecule has 1 aromatic carbocycles. The van der Waals surface area contributed by atoms with Crippen molar-refractivity contribution >= 4 is 34.4 Å². The van der Waals surface area contributed by atoms with E-state index >= 15 is 0 Å². The molecule has 2 N–H and O–H groups in total. The van der Waals surface area contributed by atoms with Gasteiger partial charge in [-0.15, -0.1) is 11.3 Å². The number of benzene rings is 1. The van der Waals surface area contributed by atoms with Crippen molar-refractivity contribution in [2.75, 3.05) is 0 Å². The van der Waals surface area contributed by atoms with Gasteiger partial charge in [0, 0.05) is 28.4 Å². The van der Waals surface area contributed by atoms with Gasteiger partial charge in [-0.05, 0) is 59.4 Å². The van der Waals surface area contributed by atoms with Crippen molar-refractivity contribution in [3.05, 3.63) is 93.9 Å². The zero-order chi connectivity index (χ0) is 22.2. The van der Waals surface area contributed by atoms with Gasteiger partial charge in [0.2, 0.25) is 11.2 Å². The predicted octanol–water partition coefficient (Wildman–Crippen LogP) is 4.93. The lowest BCUT2D eigenvalue weighted by Crippen LogP contribution is -2.22. The number of hydrogen-bond acceptors (Lipinski definition) is 5. The van der Waals surface area contributed by atoms with Crippen molar-refractivity contribution < 1.29 is 9.18 Å². The molecule has 32 heavy (non-hydrogen) atoms. The number of carbonyl (C=O) groups is 1. The minimum atomic E-state index is -0.899.